The lowest BCUT2D eigenvalue weighted by Gasteiger charge is -2.20. The van der Waals surface area contributed by atoms with Crippen molar-refractivity contribution >= 4 is 26.7 Å². The van der Waals surface area contributed by atoms with E-state index < -0.39 is 0 Å². The smallest absolute Gasteiger partial charge is 0.189 e. The van der Waals surface area contributed by atoms with Gasteiger partial charge in [-0.2, -0.15) is 0 Å². The molecule has 6 heteroatoms. The molecule has 0 bridgehead atoms. The number of anilines is 1. The zero-order chi connectivity index (χ0) is 15.6. The fraction of sp³-hybridized carbons (Fsp3) is 0.235. The molecule has 1 aromatic heterocycles. The number of rotatable bonds is 4. The van der Waals surface area contributed by atoms with Crippen LogP contribution in [0.4, 0.5) is 9.52 Å². The van der Waals surface area contributed by atoms with Gasteiger partial charge in [-0.3, -0.25) is 0 Å². The van der Waals surface area contributed by atoms with Crippen LogP contribution >= 0.6 is 11.3 Å². The number of aromatic nitrogens is 1. The molecule has 118 valence electrons. The summed E-state index contributed by atoms with van der Waals surface area (Å²) >= 11 is 1.62. The van der Waals surface area contributed by atoms with E-state index in [2.05, 4.69) is 16.4 Å². The maximum absolute atomic E-state index is 13.7. The molecule has 2 heterocycles. The number of halogens is 1. The summed E-state index contributed by atoms with van der Waals surface area (Å²) in [6, 6.07) is 11.0. The van der Waals surface area contributed by atoms with Gasteiger partial charge in [0.15, 0.2) is 11.9 Å². The van der Waals surface area contributed by atoms with Crippen LogP contribution in [0.2, 0.25) is 0 Å². The molecule has 1 aliphatic heterocycles. The van der Waals surface area contributed by atoms with Crippen LogP contribution in [0.1, 0.15) is 11.1 Å². The van der Waals surface area contributed by atoms with E-state index >= 15 is 0 Å². The summed E-state index contributed by atoms with van der Waals surface area (Å²) in [4.78, 5) is 4.53. The number of ether oxygens (including phenoxy) is 2. The monoisotopic (exact) mass is 330 g/mol. The molecule has 2 aromatic carbocycles. The van der Waals surface area contributed by atoms with Crippen LogP contribution in [0.3, 0.4) is 0 Å². The van der Waals surface area contributed by atoms with E-state index in [9.17, 15) is 4.39 Å². The number of hydrogen-bond donors (Lipinski definition) is 1. The summed E-state index contributed by atoms with van der Waals surface area (Å²) in [5, 5.41) is 4.18. The molecule has 0 spiro atoms. The first-order chi connectivity index (χ1) is 11.3. The molecule has 0 aliphatic carbocycles. The van der Waals surface area contributed by atoms with Gasteiger partial charge in [0, 0.05) is 12.1 Å². The predicted molar refractivity (Wildman–Crippen MR) is 88.5 cm³/mol. The first-order valence-corrected chi connectivity index (χ1v) is 8.22. The average molecular weight is 330 g/mol. The third kappa shape index (κ3) is 3.00. The Kier molecular flexibility index (Phi) is 3.85. The normalized spacial score (nSPS) is 13.6. The zero-order valence-electron chi connectivity index (χ0n) is 12.3. The molecule has 0 fully saturated rings. The van der Waals surface area contributed by atoms with Crippen molar-refractivity contribution in [2.45, 2.75) is 13.0 Å². The van der Waals surface area contributed by atoms with Crippen LogP contribution in [0.15, 0.2) is 36.4 Å². The van der Waals surface area contributed by atoms with Gasteiger partial charge in [-0.15, -0.1) is 0 Å². The third-order valence-electron chi connectivity index (χ3n) is 3.72. The Morgan fingerprint density at radius 2 is 2.17 bits per heavy atom. The van der Waals surface area contributed by atoms with Gasteiger partial charge in [0.25, 0.3) is 0 Å². The van der Waals surface area contributed by atoms with Crippen molar-refractivity contribution in [3.8, 4) is 5.75 Å². The highest BCUT2D eigenvalue weighted by Crippen LogP contribution is 2.30. The number of benzene rings is 2. The van der Waals surface area contributed by atoms with E-state index in [1.54, 1.807) is 11.3 Å². The van der Waals surface area contributed by atoms with E-state index in [0.29, 0.717) is 19.6 Å². The van der Waals surface area contributed by atoms with Gasteiger partial charge in [0.1, 0.15) is 11.6 Å². The summed E-state index contributed by atoms with van der Waals surface area (Å²) < 4.78 is 25.6. The van der Waals surface area contributed by atoms with Gasteiger partial charge >= 0.3 is 0 Å². The third-order valence-corrected chi connectivity index (χ3v) is 4.71. The van der Waals surface area contributed by atoms with Crippen LogP contribution in [0.5, 0.6) is 5.75 Å². The molecule has 1 N–H and O–H groups in total. The minimum absolute atomic E-state index is 0.219. The number of hydrogen-bond acceptors (Lipinski definition) is 5. The molecule has 4 nitrogen and oxygen atoms in total. The first-order valence-electron chi connectivity index (χ1n) is 7.41. The lowest BCUT2D eigenvalue weighted by atomic mass is 10.1. The number of fused-ring (bicyclic) bond motifs is 2. The fourth-order valence-electron chi connectivity index (χ4n) is 2.69. The zero-order valence-corrected chi connectivity index (χ0v) is 13.2. The highest BCUT2D eigenvalue weighted by molar-refractivity contribution is 7.22. The molecule has 0 unspecified atom stereocenters. The second-order valence-corrected chi connectivity index (χ2v) is 6.36. The van der Waals surface area contributed by atoms with E-state index in [1.807, 2.05) is 18.2 Å². The maximum atomic E-state index is 13.7. The molecule has 0 atom stereocenters. The summed E-state index contributed by atoms with van der Waals surface area (Å²) in [6.45, 7) is 1.28. The van der Waals surface area contributed by atoms with Crippen LogP contribution in [-0.2, 0) is 17.8 Å². The topological polar surface area (TPSA) is 43.4 Å². The molecule has 1 aliphatic rings. The van der Waals surface area contributed by atoms with Crippen molar-refractivity contribution in [2.24, 2.45) is 0 Å². The average Bonchev–Trinajstić information content (AvgIpc) is 2.97. The number of para-hydroxylation sites is 1. The Morgan fingerprint density at radius 3 is 3.09 bits per heavy atom. The molecule has 0 saturated carbocycles. The van der Waals surface area contributed by atoms with Crippen LogP contribution in [-0.4, -0.2) is 18.3 Å². The largest absolute Gasteiger partial charge is 0.467 e. The van der Waals surface area contributed by atoms with Gasteiger partial charge < -0.3 is 14.8 Å². The Hall–Kier alpha value is -2.18. The Bertz CT molecular complexity index is 817. The lowest BCUT2D eigenvalue weighted by molar-refractivity contribution is -0.0172. The summed E-state index contributed by atoms with van der Waals surface area (Å²) in [5.41, 5.74) is 2.62. The molecular weight excluding hydrogens is 315 g/mol. The van der Waals surface area contributed by atoms with Crippen molar-refractivity contribution in [2.75, 3.05) is 18.7 Å². The predicted octanol–water partition coefficient (Wildman–Crippen LogP) is 3.96. The van der Waals surface area contributed by atoms with Crippen molar-refractivity contribution < 1.29 is 13.9 Å². The first kappa shape index (κ1) is 14.4. The second-order valence-electron chi connectivity index (χ2n) is 5.33. The molecule has 3 aromatic rings. The van der Waals surface area contributed by atoms with Gasteiger partial charge in [-0.25, -0.2) is 9.37 Å². The van der Waals surface area contributed by atoms with E-state index in [0.717, 1.165) is 32.2 Å². The second kappa shape index (κ2) is 6.14. The van der Waals surface area contributed by atoms with E-state index in [-0.39, 0.29) is 12.6 Å². The van der Waals surface area contributed by atoms with Crippen molar-refractivity contribution in [3.63, 3.8) is 0 Å². The van der Waals surface area contributed by atoms with Gasteiger partial charge in [-0.05, 0) is 36.2 Å². The number of nitrogens with zero attached hydrogens (tertiary/aromatic N) is 1. The van der Waals surface area contributed by atoms with Gasteiger partial charge in [-0.1, -0.05) is 23.5 Å². The Labute approximate surface area is 136 Å². The highest BCUT2D eigenvalue weighted by atomic mass is 32.1. The quantitative estimate of drug-likeness (QED) is 0.786. The fourth-order valence-corrected chi connectivity index (χ4v) is 3.59. The van der Waals surface area contributed by atoms with E-state index in [1.165, 1.54) is 12.1 Å². The van der Waals surface area contributed by atoms with Crippen LogP contribution < -0.4 is 10.1 Å². The Balaban J connectivity index is 1.48. The van der Waals surface area contributed by atoms with Gasteiger partial charge in [0.2, 0.25) is 0 Å². The molecule has 0 radical (unpaired) electrons. The Morgan fingerprint density at radius 1 is 1.26 bits per heavy atom. The molecule has 0 saturated heterocycles. The summed E-state index contributed by atoms with van der Waals surface area (Å²) in [7, 11) is 0. The SMILES string of the molecule is Fc1cc(CCNc2nc3ccccc3s2)c2c(c1)COCO2. The van der Waals surface area contributed by atoms with Crippen molar-refractivity contribution in [1.29, 1.82) is 0 Å². The molecular formula is C17H15FN2O2S. The standard InChI is InChI=1S/C17H15FN2O2S/c18-13-7-11(16-12(8-13)9-21-10-22-16)5-6-19-17-20-14-3-1-2-4-15(14)23-17/h1-4,7-8H,5-6,9-10H2,(H,19,20). The molecule has 4 rings (SSSR count). The molecule has 0 amide bonds. The number of thiazole rings is 1. The minimum Gasteiger partial charge on any atom is -0.467 e. The maximum Gasteiger partial charge on any atom is 0.189 e. The van der Waals surface area contributed by atoms with Crippen molar-refractivity contribution in [3.05, 3.63) is 53.3 Å². The van der Waals surface area contributed by atoms with Crippen LogP contribution in [0.25, 0.3) is 10.2 Å². The van der Waals surface area contributed by atoms with Crippen molar-refractivity contribution in [1.82, 2.24) is 4.98 Å². The summed E-state index contributed by atoms with van der Waals surface area (Å²) in [6.07, 6.45) is 0.663. The van der Waals surface area contributed by atoms with Crippen LogP contribution in [0, 0.1) is 5.82 Å². The number of nitrogens with one attached hydrogen (secondary N) is 1. The minimum atomic E-state index is -0.257. The van der Waals surface area contributed by atoms with Gasteiger partial charge in [0.05, 0.1) is 16.8 Å². The lowest BCUT2D eigenvalue weighted by Crippen LogP contribution is -2.15. The highest BCUT2D eigenvalue weighted by Gasteiger charge is 2.16. The summed E-state index contributed by atoms with van der Waals surface area (Å²) in [5.74, 6) is 0.497. The molecule has 23 heavy (non-hydrogen) atoms. The van der Waals surface area contributed by atoms with E-state index in [4.69, 9.17) is 9.47 Å².